The van der Waals surface area contributed by atoms with Crippen molar-refractivity contribution in [2.45, 2.75) is 38.8 Å². The standard InChI is InChI=1S/C9H16N2O2/c1-7(4-5-10)11(3)8(2)6-9(12)13/h7-8H,4,6H2,1-3H3,(H,12,13). The van der Waals surface area contributed by atoms with Crippen LogP contribution in [0.25, 0.3) is 0 Å². The predicted molar refractivity (Wildman–Crippen MR) is 49.2 cm³/mol. The highest BCUT2D eigenvalue weighted by Crippen LogP contribution is 2.08. The van der Waals surface area contributed by atoms with Crippen molar-refractivity contribution < 1.29 is 9.90 Å². The zero-order chi connectivity index (χ0) is 10.4. The Bertz CT molecular complexity index is 210. The van der Waals surface area contributed by atoms with E-state index >= 15 is 0 Å². The predicted octanol–water partition coefficient (Wildman–Crippen LogP) is 1.08. The molecule has 13 heavy (non-hydrogen) atoms. The normalized spacial score (nSPS) is 15.0. The molecule has 0 amide bonds. The highest BCUT2D eigenvalue weighted by Gasteiger charge is 2.17. The molecule has 0 bridgehead atoms. The summed E-state index contributed by atoms with van der Waals surface area (Å²) in [6.07, 6.45) is 0.548. The summed E-state index contributed by atoms with van der Waals surface area (Å²) in [5, 5.41) is 17.0. The van der Waals surface area contributed by atoms with Crippen LogP contribution in [0.5, 0.6) is 0 Å². The van der Waals surface area contributed by atoms with Crippen LogP contribution in [0.15, 0.2) is 0 Å². The van der Waals surface area contributed by atoms with E-state index in [0.29, 0.717) is 6.42 Å². The molecule has 0 aliphatic heterocycles. The second-order valence-electron chi connectivity index (χ2n) is 3.32. The van der Waals surface area contributed by atoms with Crippen LogP contribution in [-0.4, -0.2) is 35.1 Å². The molecule has 2 unspecified atom stereocenters. The number of rotatable bonds is 5. The molecule has 0 rings (SSSR count). The first-order valence-corrected chi connectivity index (χ1v) is 4.29. The van der Waals surface area contributed by atoms with Crippen molar-refractivity contribution in [1.29, 1.82) is 5.26 Å². The Hall–Kier alpha value is -1.08. The summed E-state index contributed by atoms with van der Waals surface area (Å²) >= 11 is 0. The first-order valence-electron chi connectivity index (χ1n) is 4.29. The molecule has 0 saturated heterocycles. The molecule has 0 spiro atoms. The van der Waals surface area contributed by atoms with Crippen LogP contribution in [0.3, 0.4) is 0 Å². The molecule has 0 aromatic heterocycles. The molecule has 0 fully saturated rings. The van der Waals surface area contributed by atoms with E-state index < -0.39 is 5.97 Å². The molecule has 0 radical (unpaired) electrons. The minimum absolute atomic E-state index is 0.0270. The molecule has 4 heteroatoms. The maximum Gasteiger partial charge on any atom is 0.304 e. The quantitative estimate of drug-likeness (QED) is 0.694. The molecule has 0 aliphatic rings. The fourth-order valence-electron chi connectivity index (χ4n) is 1.11. The van der Waals surface area contributed by atoms with E-state index in [1.54, 1.807) is 0 Å². The number of carboxylic acid groups (broad SMARTS) is 1. The third kappa shape index (κ3) is 4.48. The van der Waals surface area contributed by atoms with Crippen molar-refractivity contribution in [3.05, 3.63) is 0 Å². The van der Waals surface area contributed by atoms with Gasteiger partial charge in [0.2, 0.25) is 0 Å². The van der Waals surface area contributed by atoms with Crippen molar-refractivity contribution in [2.24, 2.45) is 0 Å². The molecule has 0 aromatic carbocycles. The van der Waals surface area contributed by atoms with Crippen LogP contribution in [0, 0.1) is 11.3 Å². The maximum absolute atomic E-state index is 10.4. The van der Waals surface area contributed by atoms with Gasteiger partial charge in [-0.1, -0.05) is 0 Å². The van der Waals surface area contributed by atoms with E-state index in [1.165, 1.54) is 0 Å². The Morgan fingerprint density at radius 1 is 1.54 bits per heavy atom. The van der Waals surface area contributed by atoms with Crippen molar-refractivity contribution in [3.63, 3.8) is 0 Å². The van der Waals surface area contributed by atoms with Crippen LogP contribution in [-0.2, 0) is 4.79 Å². The Morgan fingerprint density at radius 2 is 2.08 bits per heavy atom. The van der Waals surface area contributed by atoms with Gasteiger partial charge >= 0.3 is 5.97 Å². The summed E-state index contributed by atoms with van der Waals surface area (Å²) < 4.78 is 0. The van der Waals surface area contributed by atoms with Crippen molar-refractivity contribution in [2.75, 3.05) is 7.05 Å². The van der Waals surface area contributed by atoms with E-state index in [4.69, 9.17) is 10.4 Å². The van der Waals surface area contributed by atoms with Crippen molar-refractivity contribution >= 4 is 5.97 Å². The van der Waals surface area contributed by atoms with Gasteiger partial charge in [-0.15, -0.1) is 0 Å². The summed E-state index contributed by atoms with van der Waals surface area (Å²) in [5.74, 6) is -0.802. The van der Waals surface area contributed by atoms with Gasteiger partial charge in [-0.05, 0) is 20.9 Å². The average molecular weight is 184 g/mol. The lowest BCUT2D eigenvalue weighted by atomic mass is 10.1. The lowest BCUT2D eigenvalue weighted by Gasteiger charge is -2.28. The van der Waals surface area contributed by atoms with Gasteiger partial charge in [-0.25, -0.2) is 0 Å². The fourth-order valence-corrected chi connectivity index (χ4v) is 1.11. The number of nitriles is 1. The molecule has 1 N–H and O–H groups in total. The van der Waals surface area contributed by atoms with E-state index in [1.807, 2.05) is 25.8 Å². The Balaban J connectivity index is 4.01. The number of carbonyl (C=O) groups is 1. The molecular formula is C9H16N2O2. The second kappa shape index (κ2) is 5.55. The summed E-state index contributed by atoms with van der Waals surface area (Å²) in [6.45, 7) is 3.77. The molecule has 4 nitrogen and oxygen atoms in total. The zero-order valence-electron chi connectivity index (χ0n) is 8.32. The zero-order valence-corrected chi connectivity index (χ0v) is 8.32. The van der Waals surface area contributed by atoms with E-state index in [0.717, 1.165) is 0 Å². The summed E-state index contributed by atoms with van der Waals surface area (Å²) in [7, 11) is 1.84. The van der Waals surface area contributed by atoms with Crippen LogP contribution in [0.2, 0.25) is 0 Å². The van der Waals surface area contributed by atoms with E-state index in [-0.39, 0.29) is 18.5 Å². The molecule has 0 aliphatic carbocycles. The van der Waals surface area contributed by atoms with Crippen molar-refractivity contribution in [1.82, 2.24) is 4.90 Å². The lowest BCUT2D eigenvalue weighted by molar-refractivity contribution is -0.138. The minimum atomic E-state index is -0.802. The maximum atomic E-state index is 10.4. The van der Waals surface area contributed by atoms with Gasteiger partial charge in [0.15, 0.2) is 0 Å². The van der Waals surface area contributed by atoms with E-state index in [9.17, 15) is 4.79 Å². The fraction of sp³-hybridized carbons (Fsp3) is 0.778. The second-order valence-corrected chi connectivity index (χ2v) is 3.32. The van der Waals surface area contributed by atoms with Crippen LogP contribution >= 0.6 is 0 Å². The number of aliphatic carboxylic acids is 1. The smallest absolute Gasteiger partial charge is 0.304 e. The monoisotopic (exact) mass is 184 g/mol. The highest BCUT2D eigenvalue weighted by atomic mass is 16.4. The summed E-state index contributed by atoms with van der Waals surface area (Å²) in [6, 6.07) is 2.15. The lowest BCUT2D eigenvalue weighted by Crippen LogP contribution is -2.37. The van der Waals surface area contributed by atoms with Gasteiger partial charge in [-0.2, -0.15) is 5.26 Å². The van der Waals surface area contributed by atoms with Gasteiger partial charge in [0.25, 0.3) is 0 Å². The van der Waals surface area contributed by atoms with Gasteiger partial charge < -0.3 is 5.11 Å². The summed E-state index contributed by atoms with van der Waals surface area (Å²) in [4.78, 5) is 12.3. The Kier molecular flexibility index (Phi) is 5.09. The average Bonchev–Trinajstić information content (AvgIpc) is 2.02. The molecule has 0 saturated carbocycles. The third-order valence-corrected chi connectivity index (χ3v) is 2.25. The number of hydrogen-bond acceptors (Lipinski definition) is 3. The topological polar surface area (TPSA) is 64.3 Å². The highest BCUT2D eigenvalue weighted by molar-refractivity contribution is 5.67. The first kappa shape index (κ1) is 11.9. The van der Waals surface area contributed by atoms with Crippen molar-refractivity contribution in [3.8, 4) is 6.07 Å². The van der Waals surface area contributed by atoms with Gasteiger partial charge in [0, 0.05) is 12.1 Å². The SMILES string of the molecule is CC(CC#N)N(C)C(C)CC(=O)O. The largest absolute Gasteiger partial charge is 0.481 e. The number of carboxylic acids is 1. The Morgan fingerprint density at radius 3 is 2.46 bits per heavy atom. The summed E-state index contributed by atoms with van der Waals surface area (Å²) in [5.41, 5.74) is 0. The van der Waals surface area contributed by atoms with Crippen LogP contribution in [0.1, 0.15) is 26.7 Å². The molecular weight excluding hydrogens is 168 g/mol. The first-order chi connectivity index (χ1) is 5.99. The van der Waals surface area contributed by atoms with Gasteiger partial charge in [0.05, 0.1) is 18.9 Å². The third-order valence-electron chi connectivity index (χ3n) is 2.25. The Labute approximate surface area is 78.8 Å². The molecule has 0 heterocycles. The van der Waals surface area contributed by atoms with Gasteiger partial charge in [-0.3, -0.25) is 9.69 Å². The number of hydrogen-bond donors (Lipinski definition) is 1. The molecule has 0 aromatic rings. The molecule has 74 valence electrons. The molecule has 2 atom stereocenters. The van der Waals surface area contributed by atoms with Crippen LogP contribution < -0.4 is 0 Å². The number of nitrogens with zero attached hydrogens (tertiary/aromatic N) is 2. The van der Waals surface area contributed by atoms with E-state index in [2.05, 4.69) is 6.07 Å². The van der Waals surface area contributed by atoms with Crippen LogP contribution in [0.4, 0.5) is 0 Å². The minimum Gasteiger partial charge on any atom is -0.481 e. The van der Waals surface area contributed by atoms with Gasteiger partial charge in [0.1, 0.15) is 0 Å².